The van der Waals surface area contributed by atoms with Crippen LogP contribution in [0.1, 0.15) is 25.1 Å². The van der Waals surface area contributed by atoms with Crippen molar-refractivity contribution in [3.8, 4) is 0 Å². The number of guanidine groups is 1. The molecular weight excluding hydrogens is 444 g/mol. The number of rotatable bonds is 8. The zero-order valence-electron chi connectivity index (χ0n) is 15.3. The SMILES string of the molecule is CCN(CC)c1ccc(CN=C(N)NCCc2ccccn2)cc1F.I. The third-order valence-corrected chi connectivity index (χ3v) is 3.96. The molecule has 0 fully saturated rings. The number of hydrogen-bond acceptors (Lipinski definition) is 3. The fraction of sp³-hybridized carbons (Fsp3) is 0.368. The summed E-state index contributed by atoms with van der Waals surface area (Å²) in [6, 6.07) is 11.0. The maximum absolute atomic E-state index is 14.2. The standard InChI is InChI=1S/C19H26FN5.HI/c1-3-25(4-2)18-9-8-15(13-17(18)20)14-24-19(21)23-12-10-16-7-5-6-11-22-16;/h5-9,11,13H,3-4,10,12,14H2,1-2H3,(H3,21,23,24);1H. The molecule has 0 aliphatic heterocycles. The van der Waals surface area contributed by atoms with Crippen molar-refractivity contribution in [2.24, 2.45) is 10.7 Å². The second-order valence-corrected chi connectivity index (χ2v) is 5.66. The van der Waals surface area contributed by atoms with Crippen molar-refractivity contribution in [2.75, 3.05) is 24.5 Å². The van der Waals surface area contributed by atoms with E-state index in [9.17, 15) is 4.39 Å². The quantitative estimate of drug-likeness (QED) is 0.352. The number of aromatic nitrogens is 1. The molecule has 0 amide bonds. The molecule has 0 saturated carbocycles. The van der Waals surface area contributed by atoms with Crippen LogP contribution in [-0.4, -0.2) is 30.6 Å². The number of hydrogen-bond donors (Lipinski definition) is 2. The summed E-state index contributed by atoms with van der Waals surface area (Å²) in [5.41, 5.74) is 8.28. The maximum Gasteiger partial charge on any atom is 0.188 e. The molecule has 142 valence electrons. The van der Waals surface area contributed by atoms with E-state index in [0.29, 0.717) is 24.7 Å². The van der Waals surface area contributed by atoms with Crippen molar-refractivity contribution >= 4 is 35.6 Å². The Morgan fingerprint density at radius 2 is 2.00 bits per heavy atom. The lowest BCUT2D eigenvalue weighted by Crippen LogP contribution is -2.33. The van der Waals surface area contributed by atoms with E-state index in [0.717, 1.165) is 30.8 Å². The van der Waals surface area contributed by atoms with Gasteiger partial charge in [-0.3, -0.25) is 4.98 Å². The highest BCUT2D eigenvalue weighted by molar-refractivity contribution is 14.0. The summed E-state index contributed by atoms with van der Waals surface area (Å²) in [7, 11) is 0. The van der Waals surface area contributed by atoms with Gasteiger partial charge in [-0.25, -0.2) is 9.38 Å². The summed E-state index contributed by atoms with van der Waals surface area (Å²) >= 11 is 0. The van der Waals surface area contributed by atoms with Gasteiger partial charge in [-0.15, -0.1) is 24.0 Å². The number of anilines is 1. The van der Waals surface area contributed by atoms with Crippen molar-refractivity contribution in [3.05, 3.63) is 59.7 Å². The molecule has 7 heteroatoms. The first-order valence-corrected chi connectivity index (χ1v) is 8.61. The van der Waals surface area contributed by atoms with Gasteiger partial charge in [-0.05, 0) is 43.7 Å². The molecule has 0 aliphatic carbocycles. The fourth-order valence-electron chi connectivity index (χ4n) is 2.57. The molecule has 26 heavy (non-hydrogen) atoms. The Morgan fingerprint density at radius 1 is 1.23 bits per heavy atom. The van der Waals surface area contributed by atoms with Crippen molar-refractivity contribution in [3.63, 3.8) is 0 Å². The minimum atomic E-state index is -0.224. The highest BCUT2D eigenvalue weighted by Gasteiger charge is 2.08. The zero-order chi connectivity index (χ0) is 18.1. The number of aliphatic imine (C=N–C) groups is 1. The van der Waals surface area contributed by atoms with Crippen LogP contribution >= 0.6 is 24.0 Å². The first kappa shape index (κ1) is 22.1. The first-order valence-electron chi connectivity index (χ1n) is 8.61. The summed E-state index contributed by atoms with van der Waals surface area (Å²) < 4.78 is 14.2. The Kier molecular flexibility index (Phi) is 9.93. The smallest absolute Gasteiger partial charge is 0.188 e. The van der Waals surface area contributed by atoms with Crippen LogP contribution in [-0.2, 0) is 13.0 Å². The molecule has 0 unspecified atom stereocenters. The molecule has 0 radical (unpaired) electrons. The summed E-state index contributed by atoms with van der Waals surface area (Å²) in [4.78, 5) is 10.5. The molecule has 5 nitrogen and oxygen atoms in total. The Hall–Kier alpha value is -1.90. The first-order chi connectivity index (χ1) is 12.1. The average Bonchev–Trinajstić information content (AvgIpc) is 2.63. The van der Waals surface area contributed by atoms with Crippen LogP contribution in [0, 0.1) is 5.82 Å². The van der Waals surface area contributed by atoms with Gasteiger partial charge in [-0.1, -0.05) is 12.1 Å². The second kappa shape index (κ2) is 11.7. The number of nitrogens with zero attached hydrogens (tertiary/aromatic N) is 3. The van der Waals surface area contributed by atoms with E-state index in [2.05, 4.69) is 15.3 Å². The van der Waals surface area contributed by atoms with Crippen LogP contribution in [0.4, 0.5) is 10.1 Å². The minimum Gasteiger partial charge on any atom is -0.370 e. The van der Waals surface area contributed by atoms with Gasteiger partial charge in [0.25, 0.3) is 0 Å². The summed E-state index contributed by atoms with van der Waals surface area (Å²) in [6.07, 6.45) is 2.54. The normalized spacial score (nSPS) is 11.0. The maximum atomic E-state index is 14.2. The number of nitrogens with one attached hydrogen (secondary N) is 1. The van der Waals surface area contributed by atoms with Crippen LogP contribution in [0.25, 0.3) is 0 Å². The molecule has 3 N–H and O–H groups in total. The number of nitrogens with two attached hydrogens (primary N) is 1. The topological polar surface area (TPSA) is 66.5 Å². The van der Waals surface area contributed by atoms with Gasteiger partial charge in [0.15, 0.2) is 5.96 Å². The second-order valence-electron chi connectivity index (χ2n) is 5.66. The molecule has 0 saturated heterocycles. The lowest BCUT2D eigenvalue weighted by Gasteiger charge is -2.21. The van der Waals surface area contributed by atoms with E-state index in [1.54, 1.807) is 12.3 Å². The van der Waals surface area contributed by atoms with Crippen molar-refractivity contribution in [1.29, 1.82) is 0 Å². The van der Waals surface area contributed by atoms with Gasteiger partial charge in [0.05, 0.1) is 12.2 Å². The third kappa shape index (κ3) is 6.78. The molecule has 0 spiro atoms. The van der Waals surface area contributed by atoms with Crippen LogP contribution in [0.5, 0.6) is 0 Å². The third-order valence-electron chi connectivity index (χ3n) is 3.96. The molecule has 1 heterocycles. The highest BCUT2D eigenvalue weighted by Crippen LogP contribution is 2.20. The van der Waals surface area contributed by atoms with Crippen molar-refractivity contribution < 1.29 is 4.39 Å². The number of pyridine rings is 1. The molecule has 0 bridgehead atoms. The van der Waals surface area contributed by atoms with Gasteiger partial charge in [0.1, 0.15) is 5.82 Å². The molecule has 0 atom stereocenters. The predicted molar refractivity (Wildman–Crippen MR) is 117 cm³/mol. The molecule has 1 aromatic carbocycles. The van der Waals surface area contributed by atoms with Gasteiger partial charge in [0, 0.05) is 37.9 Å². The molecule has 2 aromatic rings. The lowest BCUT2D eigenvalue weighted by atomic mass is 10.2. The minimum absolute atomic E-state index is 0. The van der Waals surface area contributed by atoms with Crippen molar-refractivity contribution in [1.82, 2.24) is 10.3 Å². The summed E-state index contributed by atoms with van der Waals surface area (Å²) in [6.45, 7) is 6.58. The summed E-state index contributed by atoms with van der Waals surface area (Å²) in [5, 5.41) is 3.05. The Morgan fingerprint density at radius 3 is 2.62 bits per heavy atom. The fourth-order valence-corrected chi connectivity index (χ4v) is 2.57. The van der Waals surface area contributed by atoms with E-state index in [-0.39, 0.29) is 29.8 Å². The number of halogens is 2. The number of benzene rings is 1. The lowest BCUT2D eigenvalue weighted by molar-refractivity contribution is 0.617. The monoisotopic (exact) mass is 471 g/mol. The van der Waals surface area contributed by atoms with Gasteiger partial charge >= 0.3 is 0 Å². The van der Waals surface area contributed by atoms with Crippen molar-refractivity contribution in [2.45, 2.75) is 26.8 Å². The average molecular weight is 471 g/mol. The van der Waals surface area contributed by atoms with E-state index in [1.807, 2.05) is 43.0 Å². The van der Waals surface area contributed by atoms with E-state index < -0.39 is 0 Å². The highest BCUT2D eigenvalue weighted by atomic mass is 127. The summed E-state index contributed by atoms with van der Waals surface area (Å²) in [5.74, 6) is 0.127. The Balaban J connectivity index is 0.00000338. The zero-order valence-corrected chi connectivity index (χ0v) is 17.6. The molecular formula is C19H27FIN5. The van der Waals surface area contributed by atoms with E-state index in [1.165, 1.54) is 6.07 Å². The molecule has 2 rings (SSSR count). The van der Waals surface area contributed by atoms with E-state index in [4.69, 9.17) is 5.73 Å². The van der Waals surface area contributed by atoms with Gasteiger partial charge in [0.2, 0.25) is 0 Å². The van der Waals surface area contributed by atoms with Crippen LogP contribution in [0.2, 0.25) is 0 Å². The van der Waals surface area contributed by atoms with Gasteiger partial charge in [-0.2, -0.15) is 0 Å². The molecule has 1 aromatic heterocycles. The Labute approximate surface area is 171 Å². The van der Waals surface area contributed by atoms with Crippen LogP contribution in [0.15, 0.2) is 47.6 Å². The Bertz CT molecular complexity index is 690. The molecule has 0 aliphatic rings. The predicted octanol–water partition coefficient (Wildman–Crippen LogP) is 3.33. The largest absolute Gasteiger partial charge is 0.370 e. The van der Waals surface area contributed by atoms with E-state index >= 15 is 0 Å². The van der Waals surface area contributed by atoms with Crippen LogP contribution in [0.3, 0.4) is 0 Å². The van der Waals surface area contributed by atoms with Crippen LogP contribution < -0.4 is 16.0 Å². The van der Waals surface area contributed by atoms with Gasteiger partial charge < -0.3 is 16.0 Å².